The van der Waals surface area contributed by atoms with Crippen LogP contribution in [0.15, 0.2) is 23.2 Å². The summed E-state index contributed by atoms with van der Waals surface area (Å²) in [4.78, 5) is 22.2. The molecule has 0 fully saturated rings. The summed E-state index contributed by atoms with van der Waals surface area (Å²) in [6, 6.07) is 5.57. The van der Waals surface area contributed by atoms with Gasteiger partial charge in [-0.25, -0.2) is 9.78 Å². The Morgan fingerprint density at radius 1 is 1.35 bits per heavy atom. The molecular weight excluding hydrogens is 256 g/mol. The van der Waals surface area contributed by atoms with Crippen molar-refractivity contribution in [3.63, 3.8) is 0 Å². The van der Waals surface area contributed by atoms with Crippen LogP contribution in [0.2, 0.25) is 0 Å². The quantitative estimate of drug-likeness (QED) is 0.678. The standard InChI is InChI=1S/C14H22N4O2/c1-5-18(6-2)13(17-14(19)20-7-3)16-12-10-8-9-11(4)15-12/h8-10H,5-7H2,1-4H3,(H,15,16,17,19). The normalized spacial score (nSPS) is 11.1. The molecule has 1 aromatic rings. The number of hydrogen-bond donors (Lipinski definition) is 1. The number of rotatable bonds is 4. The zero-order valence-electron chi connectivity index (χ0n) is 12.5. The molecule has 0 saturated heterocycles. The molecule has 0 saturated carbocycles. The number of alkyl carbamates (subject to hydrolysis) is 1. The molecule has 1 amide bonds. The number of ether oxygens (including phenoxy) is 1. The minimum absolute atomic E-state index is 0.320. The summed E-state index contributed by atoms with van der Waals surface area (Å²) in [6.07, 6.45) is -0.509. The van der Waals surface area contributed by atoms with Gasteiger partial charge >= 0.3 is 6.09 Å². The van der Waals surface area contributed by atoms with Crippen molar-refractivity contribution in [2.45, 2.75) is 27.7 Å². The van der Waals surface area contributed by atoms with Crippen molar-refractivity contribution in [1.82, 2.24) is 15.2 Å². The fourth-order valence-corrected chi connectivity index (χ4v) is 1.66. The van der Waals surface area contributed by atoms with Gasteiger partial charge in [0.15, 0.2) is 5.82 Å². The van der Waals surface area contributed by atoms with Gasteiger partial charge in [0.2, 0.25) is 5.96 Å². The van der Waals surface area contributed by atoms with Gasteiger partial charge in [-0.1, -0.05) is 6.07 Å². The summed E-state index contributed by atoms with van der Waals surface area (Å²) in [5.74, 6) is 1.01. The Morgan fingerprint density at radius 3 is 2.60 bits per heavy atom. The van der Waals surface area contributed by atoms with Gasteiger partial charge in [0.1, 0.15) is 0 Å². The van der Waals surface area contributed by atoms with Crippen molar-refractivity contribution in [3.05, 3.63) is 23.9 Å². The molecule has 0 atom stereocenters. The summed E-state index contributed by atoms with van der Waals surface area (Å²) < 4.78 is 4.90. The summed E-state index contributed by atoms with van der Waals surface area (Å²) in [7, 11) is 0. The van der Waals surface area contributed by atoms with E-state index in [1.807, 2.05) is 37.8 Å². The lowest BCUT2D eigenvalue weighted by Gasteiger charge is -2.22. The molecule has 6 nitrogen and oxygen atoms in total. The number of carbonyl (C=O) groups is 1. The van der Waals surface area contributed by atoms with Crippen molar-refractivity contribution in [1.29, 1.82) is 0 Å². The van der Waals surface area contributed by atoms with Crippen LogP contribution < -0.4 is 5.32 Å². The number of aliphatic imine (C=N–C) groups is 1. The second-order valence-corrected chi connectivity index (χ2v) is 4.09. The zero-order chi connectivity index (χ0) is 15.0. The smallest absolute Gasteiger partial charge is 0.413 e. The van der Waals surface area contributed by atoms with E-state index in [0.29, 0.717) is 18.4 Å². The van der Waals surface area contributed by atoms with E-state index in [2.05, 4.69) is 15.3 Å². The summed E-state index contributed by atoms with van der Waals surface area (Å²) in [5, 5.41) is 2.66. The molecule has 20 heavy (non-hydrogen) atoms. The molecule has 0 spiro atoms. The number of aromatic nitrogens is 1. The van der Waals surface area contributed by atoms with E-state index in [4.69, 9.17) is 4.74 Å². The van der Waals surface area contributed by atoms with E-state index >= 15 is 0 Å². The van der Waals surface area contributed by atoms with Gasteiger partial charge in [0.25, 0.3) is 0 Å². The highest BCUT2D eigenvalue weighted by molar-refractivity contribution is 5.95. The Labute approximate surface area is 119 Å². The largest absolute Gasteiger partial charge is 0.450 e. The van der Waals surface area contributed by atoms with Crippen LogP contribution in [0.3, 0.4) is 0 Å². The highest BCUT2D eigenvalue weighted by Gasteiger charge is 2.12. The number of pyridine rings is 1. The van der Waals surface area contributed by atoms with E-state index < -0.39 is 6.09 Å². The topological polar surface area (TPSA) is 66.8 Å². The Hall–Kier alpha value is -2.11. The molecule has 110 valence electrons. The highest BCUT2D eigenvalue weighted by atomic mass is 16.5. The van der Waals surface area contributed by atoms with E-state index in [0.717, 1.165) is 18.8 Å². The molecule has 1 aromatic heterocycles. The third-order valence-electron chi connectivity index (χ3n) is 2.65. The van der Waals surface area contributed by atoms with Gasteiger partial charge in [0, 0.05) is 18.8 Å². The van der Waals surface area contributed by atoms with Crippen LogP contribution in [0.4, 0.5) is 10.6 Å². The van der Waals surface area contributed by atoms with E-state index in [9.17, 15) is 4.79 Å². The molecule has 0 unspecified atom stereocenters. The molecule has 6 heteroatoms. The van der Waals surface area contributed by atoms with E-state index in [1.165, 1.54) is 0 Å². The first-order chi connectivity index (χ1) is 9.60. The first-order valence-corrected chi connectivity index (χ1v) is 6.81. The maximum atomic E-state index is 11.6. The number of carbonyl (C=O) groups excluding carboxylic acids is 1. The predicted octanol–water partition coefficient (Wildman–Crippen LogP) is 2.47. The molecule has 0 aliphatic rings. The fourth-order valence-electron chi connectivity index (χ4n) is 1.66. The lowest BCUT2D eigenvalue weighted by molar-refractivity contribution is 0.156. The summed E-state index contributed by atoms with van der Waals surface area (Å²) in [6.45, 7) is 9.43. The van der Waals surface area contributed by atoms with Crippen LogP contribution in [0.5, 0.6) is 0 Å². The first kappa shape index (κ1) is 15.9. The van der Waals surface area contributed by atoms with Gasteiger partial charge in [-0.05, 0) is 39.8 Å². The number of nitrogens with one attached hydrogen (secondary N) is 1. The number of hydrogen-bond acceptors (Lipinski definition) is 4. The summed E-state index contributed by atoms with van der Waals surface area (Å²) >= 11 is 0. The minimum atomic E-state index is -0.509. The predicted molar refractivity (Wildman–Crippen MR) is 79.1 cm³/mol. The molecule has 0 radical (unpaired) electrons. The van der Waals surface area contributed by atoms with Crippen LogP contribution in [0.25, 0.3) is 0 Å². The van der Waals surface area contributed by atoms with Crippen molar-refractivity contribution in [2.24, 2.45) is 4.99 Å². The molecule has 1 heterocycles. The highest BCUT2D eigenvalue weighted by Crippen LogP contribution is 2.09. The maximum Gasteiger partial charge on any atom is 0.413 e. The Morgan fingerprint density at radius 2 is 2.05 bits per heavy atom. The van der Waals surface area contributed by atoms with Crippen LogP contribution >= 0.6 is 0 Å². The lowest BCUT2D eigenvalue weighted by Crippen LogP contribution is -2.44. The van der Waals surface area contributed by atoms with Gasteiger partial charge < -0.3 is 9.64 Å². The van der Waals surface area contributed by atoms with Gasteiger partial charge in [-0.2, -0.15) is 4.99 Å². The van der Waals surface area contributed by atoms with Crippen LogP contribution in [-0.2, 0) is 4.74 Å². The average molecular weight is 278 g/mol. The molecule has 0 aliphatic heterocycles. The molecule has 0 aliphatic carbocycles. The number of amides is 1. The second-order valence-electron chi connectivity index (χ2n) is 4.09. The van der Waals surface area contributed by atoms with E-state index in [-0.39, 0.29) is 0 Å². The summed E-state index contributed by atoms with van der Waals surface area (Å²) in [5.41, 5.74) is 0.876. The molecule has 1 N–H and O–H groups in total. The Kier molecular flexibility index (Phi) is 6.49. The second kappa shape index (κ2) is 8.14. The van der Waals surface area contributed by atoms with Crippen LogP contribution in [-0.4, -0.2) is 41.6 Å². The third-order valence-corrected chi connectivity index (χ3v) is 2.65. The molecular formula is C14H22N4O2. The number of guanidine groups is 1. The minimum Gasteiger partial charge on any atom is -0.450 e. The maximum absolute atomic E-state index is 11.6. The molecule has 1 rings (SSSR count). The van der Waals surface area contributed by atoms with Gasteiger partial charge in [-0.15, -0.1) is 0 Å². The Balaban J connectivity index is 2.99. The first-order valence-electron chi connectivity index (χ1n) is 6.81. The monoisotopic (exact) mass is 278 g/mol. The third kappa shape index (κ3) is 4.87. The average Bonchev–Trinajstić information content (AvgIpc) is 2.40. The Bertz CT molecular complexity index is 470. The van der Waals surface area contributed by atoms with E-state index in [1.54, 1.807) is 13.0 Å². The number of aryl methyl sites for hydroxylation is 1. The SMILES string of the molecule is CCOC(=O)N/C(=N\c1cccc(C)n1)N(CC)CC. The molecule has 0 aromatic carbocycles. The van der Waals surface area contributed by atoms with Crippen molar-refractivity contribution in [3.8, 4) is 0 Å². The zero-order valence-corrected chi connectivity index (χ0v) is 12.5. The fraction of sp³-hybridized carbons (Fsp3) is 0.500. The van der Waals surface area contributed by atoms with Crippen LogP contribution in [0, 0.1) is 6.92 Å². The van der Waals surface area contributed by atoms with Gasteiger partial charge in [0.05, 0.1) is 6.61 Å². The van der Waals surface area contributed by atoms with Crippen molar-refractivity contribution < 1.29 is 9.53 Å². The number of nitrogens with zero attached hydrogens (tertiary/aromatic N) is 3. The van der Waals surface area contributed by atoms with Gasteiger partial charge in [-0.3, -0.25) is 5.32 Å². The molecule has 0 bridgehead atoms. The van der Waals surface area contributed by atoms with Crippen molar-refractivity contribution in [2.75, 3.05) is 19.7 Å². The lowest BCUT2D eigenvalue weighted by atomic mass is 10.4. The van der Waals surface area contributed by atoms with Crippen LogP contribution in [0.1, 0.15) is 26.5 Å². The van der Waals surface area contributed by atoms with Crippen molar-refractivity contribution >= 4 is 17.9 Å².